The average Bonchev–Trinajstić information content (AvgIpc) is 2.68. The molecule has 16 heavy (non-hydrogen) atoms. The van der Waals surface area contributed by atoms with Crippen LogP contribution in [0.4, 0.5) is 11.5 Å². The summed E-state index contributed by atoms with van der Waals surface area (Å²) in [6.07, 6.45) is 4.73. The van der Waals surface area contributed by atoms with Crippen LogP contribution in [0.3, 0.4) is 0 Å². The lowest BCUT2D eigenvalue weighted by molar-refractivity contribution is 0.0994. The number of anilines is 2. The summed E-state index contributed by atoms with van der Waals surface area (Å²) < 4.78 is 0. The van der Waals surface area contributed by atoms with Crippen LogP contribution in [-0.2, 0) is 6.42 Å². The lowest BCUT2D eigenvalue weighted by atomic mass is 10.1. The molecule has 2 aromatic rings. The number of nitrogens with two attached hydrogens (primary N) is 2. The van der Waals surface area contributed by atoms with Gasteiger partial charge >= 0.3 is 0 Å². The van der Waals surface area contributed by atoms with Crippen LogP contribution in [0.1, 0.15) is 15.9 Å². The Balaban J connectivity index is 2.21. The summed E-state index contributed by atoms with van der Waals surface area (Å²) in [5.74, 6) is 0.137. The van der Waals surface area contributed by atoms with E-state index in [2.05, 4.69) is 15.2 Å². The van der Waals surface area contributed by atoms with Gasteiger partial charge in [0.05, 0.1) is 11.8 Å². The summed E-state index contributed by atoms with van der Waals surface area (Å²) in [6.45, 7) is 0. The smallest absolute Gasteiger partial charge is 0.172 e. The van der Waals surface area contributed by atoms with Gasteiger partial charge in [0.25, 0.3) is 0 Å². The van der Waals surface area contributed by atoms with Crippen LogP contribution in [0.25, 0.3) is 0 Å². The van der Waals surface area contributed by atoms with Crippen LogP contribution in [0.2, 0.25) is 0 Å². The number of rotatable bonds is 3. The van der Waals surface area contributed by atoms with E-state index in [0.29, 0.717) is 16.8 Å². The Hall–Kier alpha value is -2.37. The summed E-state index contributed by atoms with van der Waals surface area (Å²) in [5.41, 5.74) is 12.9. The van der Waals surface area contributed by atoms with Gasteiger partial charge in [-0.2, -0.15) is 5.10 Å². The summed E-state index contributed by atoms with van der Waals surface area (Å²) in [4.78, 5) is 15.7. The molecule has 0 saturated carbocycles. The molecule has 82 valence electrons. The highest BCUT2D eigenvalue weighted by Gasteiger charge is 2.13. The van der Waals surface area contributed by atoms with Crippen molar-refractivity contribution in [3.63, 3.8) is 0 Å². The van der Waals surface area contributed by atoms with Gasteiger partial charge in [0.15, 0.2) is 5.78 Å². The average molecular weight is 217 g/mol. The second-order valence-electron chi connectivity index (χ2n) is 3.37. The fraction of sp³-hybridized carbons (Fsp3) is 0.100. The standard InChI is InChI=1S/C10H11N5O/c11-8-1-2-13-4-6(8)3-9(16)7-5-14-15-10(7)12/h1-2,4-5H,3H2,(H2,11,13)(H3,12,14,15). The van der Waals surface area contributed by atoms with Crippen molar-refractivity contribution in [2.75, 3.05) is 11.5 Å². The van der Waals surface area contributed by atoms with Gasteiger partial charge in [-0.25, -0.2) is 0 Å². The number of Topliss-reactive ketones (excluding diaryl/α,β-unsaturated/α-hetero) is 1. The number of aromatic amines is 1. The molecular weight excluding hydrogens is 206 g/mol. The van der Waals surface area contributed by atoms with E-state index < -0.39 is 0 Å². The second kappa shape index (κ2) is 4.01. The van der Waals surface area contributed by atoms with Crippen LogP contribution in [0.5, 0.6) is 0 Å². The van der Waals surface area contributed by atoms with Crippen molar-refractivity contribution in [1.82, 2.24) is 15.2 Å². The Labute approximate surface area is 91.7 Å². The molecule has 2 aromatic heterocycles. The molecule has 5 N–H and O–H groups in total. The van der Waals surface area contributed by atoms with Gasteiger partial charge in [-0.15, -0.1) is 0 Å². The number of carbonyl (C=O) groups is 1. The number of H-pyrrole nitrogens is 1. The molecule has 0 aliphatic heterocycles. The first-order valence-corrected chi connectivity index (χ1v) is 4.69. The van der Waals surface area contributed by atoms with Gasteiger partial charge in [-0.3, -0.25) is 14.9 Å². The van der Waals surface area contributed by atoms with Crippen molar-refractivity contribution < 1.29 is 4.79 Å². The fourth-order valence-corrected chi connectivity index (χ4v) is 1.37. The zero-order chi connectivity index (χ0) is 11.5. The topological polar surface area (TPSA) is 111 Å². The van der Waals surface area contributed by atoms with Crippen LogP contribution in [0.15, 0.2) is 24.7 Å². The minimum atomic E-state index is -0.133. The number of hydrogen-bond donors (Lipinski definition) is 3. The molecule has 2 rings (SSSR count). The maximum atomic E-state index is 11.8. The quantitative estimate of drug-likeness (QED) is 0.644. The van der Waals surface area contributed by atoms with E-state index in [0.717, 1.165) is 0 Å². The zero-order valence-corrected chi connectivity index (χ0v) is 8.47. The predicted octanol–water partition coefficient (Wildman–Crippen LogP) is 0.395. The van der Waals surface area contributed by atoms with Crippen molar-refractivity contribution in [2.45, 2.75) is 6.42 Å². The first-order chi connectivity index (χ1) is 7.68. The second-order valence-corrected chi connectivity index (χ2v) is 3.37. The number of nitrogens with zero attached hydrogens (tertiary/aromatic N) is 2. The van der Waals surface area contributed by atoms with Crippen LogP contribution < -0.4 is 11.5 Å². The SMILES string of the molecule is Nc1ccncc1CC(=O)c1cn[nH]c1N. The van der Waals surface area contributed by atoms with Gasteiger partial charge in [-0.1, -0.05) is 0 Å². The van der Waals surface area contributed by atoms with E-state index in [1.807, 2.05) is 0 Å². The van der Waals surface area contributed by atoms with Gasteiger partial charge in [0.2, 0.25) is 0 Å². The number of hydrogen-bond acceptors (Lipinski definition) is 5. The fourth-order valence-electron chi connectivity index (χ4n) is 1.37. The number of ketones is 1. The lowest BCUT2D eigenvalue weighted by Crippen LogP contribution is -2.07. The zero-order valence-electron chi connectivity index (χ0n) is 8.47. The van der Waals surface area contributed by atoms with Crippen molar-refractivity contribution >= 4 is 17.3 Å². The molecule has 0 aliphatic carbocycles. The number of carbonyl (C=O) groups excluding carboxylic acids is 1. The summed E-state index contributed by atoms with van der Waals surface area (Å²) in [6, 6.07) is 1.65. The Morgan fingerprint density at radius 1 is 1.38 bits per heavy atom. The third-order valence-electron chi connectivity index (χ3n) is 2.26. The Morgan fingerprint density at radius 3 is 2.81 bits per heavy atom. The molecule has 0 bridgehead atoms. The molecule has 6 heteroatoms. The monoisotopic (exact) mass is 217 g/mol. The molecule has 0 unspecified atom stereocenters. The predicted molar refractivity (Wildman–Crippen MR) is 59.7 cm³/mol. The van der Waals surface area contributed by atoms with Gasteiger partial charge < -0.3 is 11.5 Å². The van der Waals surface area contributed by atoms with Crippen LogP contribution >= 0.6 is 0 Å². The van der Waals surface area contributed by atoms with E-state index in [9.17, 15) is 4.79 Å². The summed E-state index contributed by atoms with van der Waals surface area (Å²) in [7, 11) is 0. The Morgan fingerprint density at radius 2 is 2.19 bits per heavy atom. The van der Waals surface area contributed by atoms with Gasteiger partial charge in [0.1, 0.15) is 5.82 Å². The Kier molecular flexibility index (Phi) is 2.55. The van der Waals surface area contributed by atoms with E-state index in [-0.39, 0.29) is 18.0 Å². The van der Waals surface area contributed by atoms with E-state index in [4.69, 9.17) is 11.5 Å². The van der Waals surface area contributed by atoms with Gasteiger partial charge in [-0.05, 0) is 6.07 Å². The third-order valence-corrected chi connectivity index (χ3v) is 2.26. The summed E-state index contributed by atoms with van der Waals surface area (Å²) in [5, 5.41) is 6.20. The van der Waals surface area contributed by atoms with E-state index in [1.165, 1.54) is 6.20 Å². The van der Waals surface area contributed by atoms with Gasteiger partial charge in [0, 0.05) is 30.1 Å². The van der Waals surface area contributed by atoms with Crippen molar-refractivity contribution in [2.24, 2.45) is 0 Å². The molecule has 2 heterocycles. The van der Waals surface area contributed by atoms with E-state index >= 15 is 0 Å². The number of nitrogen functional groups attached to an aromatic ring is 2. The highest BCUT2D eigenvalue weighted by molar-refractivity contribution is 6.01. The van der Waals surface area contributed by atoms with Crippen molar-refractivity contribution in [1.29, 1.82) is 0 Å². The normalized spacial score (nSPS) is 10.2. The molecule has 0 aliphatic rings. The Bertz CT molecular complexity index is 519. The number of nitrogens with one attached hydrogen (secondary N) is 1. The highest BCUT2D eigenvalue weighted by Crippen LogP contribution is 2.14. The molecule has 0 fully saturated rings. The number of pyridine rings is 1. The maximum Gasteiger partial charge on any atom is 0.172 e. The first kappa shape index (κ1) is 10.2. The van der Waals surface area contributed by atoms with Crippen molar-refractivity contribution in [3.05, 3.63) is 35.8 Å². The molecule has 6 nitrogen and oxygen atoms in total. The molecule has 0 atom stereocenters. The number of aromatic nitrogens is 3. The maximum absolute atomic E-state index is 11.8. The van der Waals surface area contributed by atoms with E-state index in [1.54, 1.807) is 18.5 Å². The molecule has 0 saturated heterocycles. The molecule has 0 amide bonds. The van der Waals surface area contributed by atoms with Crippen molar-refractivity contribution in [3.8, 4) is 0 Å². The highest BCUT2D eigenvalue weighted by atomic mass is 16.1. The molecular formula is C10H11N5O. The molecule has 0 spiro atoms. The minimum absolute atomic E-state index is 0.133. The van der Waals surface area contributed by atoms with Crippen LogP contribution in [-0.4, -0.2) is 21.0 Å². The third kappa shape index (κ3) is 1.85. The lowest BCUT2D eigenvalue weighted by Gasteiger charge is -2.02. The molecule has 0 radical (unpaired) electrons. The first-order valence-electron chi connectivity index (χ1n) is 4.69. The van der Waals surface area contributed by atoms with Crippen LogP contribution in [0, 0.1) is 0 Å². The minimum Gasteiger partial charge on any atom is -0.398 e. The molecule has 0 aromatic carbocycles. The largest absolute Gasteiger partial charge is 0.398 e. The summed E-state index contributed by atoms with van der Waals surface area (Å²) >= 11 is 0.